The Balaban J connectivity index is 1.64. The van der Waals surface area contributed by atoms with Gasteiger partial charge in [-0.2, -0.15) is 0 Å². The Morgan fingerprint density at radius 1 is 1.52 bits per heavy atom. The molecule has 2 amide bonds. The highest BCUT2D eigenvalue weighted by Gasteiger charge is 2.45. The van der Waals surface area contributed by atoms with Crippen molar-refractivity contribution >= 4 is 33.0 Å². The van der Waals surface area contributed by atoms with Crippen molar-refractivity contribution in [1.29, 1.82) is 0 Å². The molecule has 1 fully saturated rings. The molecule has 1 unspecified atom stereocenters. The molecule has 1 N–H and O–H groups in total. The van der Waals surface area contributed by atoms with E-state index in [2.05, 4.69) is 11.4 Å². The average molecular weight is 441 g/mol. The molecule has 8 nitrogen and oxygen atoms in total. The lowest BCUT2D eigenvalue weighted by Crippen LogP contribution is -2.52. The number of thiophene rings is 1. The molecular weight excluding hydrogens is 416 g/mol. The number of sulfone groups is 1. The van der Waals surface area contributed by atoms with Gasteiger partial charge in [0.25, 0.3) is 11.8 Å². The standard InChI is InChI=1S/C19H24N2O6S2/c1-4-14-11-13-12-21(17(22)16(13)28-14)9-8-19(2,29(3,24)25)18(23)20-27-15-7-5-6-10-26-15/h1,11,15H,5-10,12H2,2-3H3,(H,20,23)/t15?,19-/m1/s1. The van der Waals surface area contributed by atoms with Crippen LogP contribution in [0.3, 0.4) is 0 Å². The van der Waals surface area contributed by atoms with Crippen molar-refractivity contribution in [3.8, 4) is 12.3 Å². The third-order valence-corrected chi connectivity index (χ3v) is 8.50. The van der Waals surface area contributed by atoms with E-state index in [1.807, 2.05) is 0 Å². The molecule has 29 heavy (non-hydrogen) atoms. The minimum Gasteiger partial charge on any atom is -0.350 e. The van der Waals surface area contributed by atoms with E-state index in [4.69, 9.17) is 16.0 Å². The van der Waals surface area contributed by atoms with E-state index in [0.717, 1.165) is 24.7 Å². The number of hydroxylamine groups is 1. The number of terminal acetylenes is 1. The van der Waals surface area contributed by atoms with Gasteiger partial charge in [-0.3, -0.25) is 9.59 Å². The van der Waals surface area contributed by atoms with Gasteiger partial charge in [0.2, 0.25) is 0 Å². The first-order chi connectivity index (χ1) is 13.7. The Hall–Kier alpha value is -1.93. The van der Waals surface area contributed by atoms with Gasteiger partial charge in [-0.15, -0.1) is 17.8 Å². The minimum absolute atomic E-state index is 0.0603. The minimum atomic E-state index is -3.79. The number of amides is 2. The van der Waals surface area contributed by atoms with E-state index in [9.17, 15) is 18.0 Å². The molecular formula is C19H24N2O6S2. The average Bonchev–Trinajstić information content (AvgIpc) is 3.23. The zero-order valence-corrected chi connectivity index (χ0v) is 18.0. The SMILES string of the molecule is C#Cc1cc2c(s1)C(=O)N(CC[C@](C)(C(=O)NOC1CCCCO1)S(C)(=O)=O)C2. The second kappa shape index (κ2) is 8.44. The van der Waals surface area contributed by atoms with Crippen LogP contribution in [0.15, 0.2) is 6.07 Å². The summed E-state index contributed by atoms with van der Waals surface area (Å²) in [5.41, 5.74) is 3.08. The zero-order valence-electron chi connectivity index (χ0n) is 16.4. The molecule has 158 valence electrons. The van der Waals surface area contributed by atoms with E-state index < -0.39 is 26.8 Å². The molecule has 0 spiro atoms. The number of hydrogen-bond donors (Lipinski definition) is 1. The monoisotopic (exact) mass is 440 g/mol. The van der Waals surface area contributed by atoms with E-state index in [1.54, 1.807) is 6.07 Å². The van der Waals surface area contributed by atoms with Crippen molar-refractivity contribution < 1.29 is 27.6 Å². The van der Waals surface area contributed by atoms with Gasteiger partial charge in [0.1, 0.15) is 0 Å². The van der Waals surface area contributed by atoms with Gasteiger partial charge in [0, 0.05) is 32.4 Å². The fourth-order valence-corrected chi connectivity index (χ4v) is 5.04. The molecule has 0 saturated carbocycles. The van der Waals surface area contributed by atoms with Crippen LogP contribution in [0, 0.1) is 12.3 Å². The summed E-state index contributed by atoms with van der Waals surface area (Å²) in [6.07, 6.45) is 8.19. The summed E-state index contributed by atoms with van der Waals surface area (Å²) in [7, 11) is -3.79. The number of carbonyl (C=O) groups excluding carboxylic acids is 2. The third kappa shape index (κ3) is 4.48. The number of fused-ring (bicyclic) bond motifs is 1. The smallest absolute Gasteiger partial charge is 0.264 e. The van der Waals surface area contributed by atoms with Gasteiger partial charge in [-0.05, 0) is 37.8 Å². The number of hydrogen-bond acceptors (Lipinski definition) is 7. The summed E-state index contributed by atoms with van der Waals surface area (Å²) in [6, 6.07) is 1.79. The molecule has 0 bridgehead atoms. The highest BCUT2D eigenvalue weighted by atomic mass is 32.2. The fourth-order valence-electron chi connectivity index (χ4n) is 3.25. The van der Waals surface area contributed by atoms with Crippen LogP contribution in [-0.2, 0) is 30.8 Å². The first-order valence-corrected chi connectivity index (χ1v) is 12.0. The van der Waals surface area contributed by atoms with Gasteiger partial charge in [0.05, 0.1) is 9.75 Å². The van der Waals surface area contributed by atoms with Crippen molar-refractivity contribution in [3.63, 3.8) is 0 Å². The zero-order chi connectivity index (χ0) is 21.2. The summed E-state index contributed by atoms with van der Waals surface area (Å²) in [5.74, 6) is 1.54. The van der Waals surface area contributed by atoms with Gasteiger partial charge in [-0.1, -0.05) is 5.92 Å². The lowest BCUT2D eigenvalue weighted by atomic mass is 10.1. The Kier molecular flexibility index (Phi) is 6.33. The Morgan fingerprint density at radius 3 is 2.86 bits per heavy atom. The van der Waals surface area contributed by atoms with Gasteiger partial charge in [-0.25, -0.2) is 18.7 Å². The molecule has 1 aromatic heterocycles. The fraction of sp³-hybridized carbons (Fsp3) is 0.579. The first kappa shape index (κ1) is 21.8. The molecule has 0 aromatic carbocycles. The van der Waals surface area contributed by atoms with E-state index in [-0.39, 0.29) is 18.9 Å². The number of carbonyl (C=O) groups is 2. The quantitative estimate of drug-likeness (QED) is 0.509. The van der Waals surface area contributed by atoms with Crippen molar-refractivity contribution in [2.24, 2.45) is 0 Å². The van der Waals surface area contributed by atoms with Crippen LogP contribution in [-0.4, -0.2) is 55.6 Å². The molecule has 3 heterocycles. The molecule has 2 aliphatic heterocycles. The summed E-state index contributed by atoms with van der Waals surface area (Å²) < 4.78 is 28.5. The van der Waals surface area contributed by atoms with Crippen molar-refractivity contribution in [3.05, 3.63) is 21.4 Å². The van der Waals surface area contributed by atoms with E-state index in [0.29, 0.717) is 29.3 Å². The van der Waals surface area contributed by atoms with Crippen LogP contribution in [0.2, 0.25) is 0 Å². The Bertz CT molecular complexity index is 942. The molecule has 2 aliphatic rings. The van der Waals surface area contributed by atoms with Crippen LogP contribution in [0.4, 0.5) is 0 Å². The summed E-state index contributed by atoms with van der Waals surface area (Å²) in [4.78, 5) is 33.3. The summed E-state index contributed by atoms with van der Waals surface area (Å²) in [5, 5.41) is 0. The molecule has 0 aliphatic carbocycles. The molecule has 10 heteroatoms. The molecule has 1 saturated heterocycles. The number of ether oxygens (including phenoxy) is 1. The highest BCUT2D eigenvalue weighted by Crippen LogP contribution is 2.32. The number of rotatable bonds is 7. The maximum absolute atomic E-state index is 12.7. The normalized spacial score (nSPS) is 21.3. The largest absolute Gasteiger partial charge is 0.350 e. The summed E-state index contributed by atoms with van der Waals surface area (Å²) >= 11 is 1.24. The second-order valence-corrected chi connectivity index (χ2v) is 10.9. The molecule has 1 aromatic rings. The summed E-state index contributed by atoms with van der Waals surface area (Å²) in [6.45, 7) is 2.34. The Labute approximate surface area is 174 Å². The maximum atomic E-state index is 12.7. The van der Waals surface area contributed by atoms with Crippen molar-refractivity contribution in [1.82, 2.24) is 10.4 Å². The molecule has 2 atom stereocenters. The van der Waals surface area contributed by atoms with Crippen LogP contribution < -0.4 is 5.48 Å². The van der Waals surface area contributed by atoms with Crippen molar-refractivity contribution in [2.45, 2.75) is 50.2 Å². The Morgan fingerprint density at radius 2 is 2.28 bits per heavy atom. The lowest BCUT2D eigenvalue weighted by Gasteiger charge is -2.29. The van der Waals surface area contributed by atoms with Crippen LogP contribution in [0.5, 0.6) is 0 Å². The molecule has 0 radical (unpaired) electrons. The lowest BCUT2D eigenvalue weighted by molar-refractivity contribution is -0.201. The molecule has 3 rings (SSSR count). The van der Waals surface area contributed by atoms with E-state index >= 15 is 0 Å². The predicted molar refractivity (Wildman–Crippen MR) is 108 cm³/mol. The first-order valence-electron chi connectivity index (χ1n) is 9.31. The number of nitrogens with one attached hydrogen (secondary N) is 1. The van der Waals surface area contributed by atoms with Crippen LogP contribution >= 0.6 is 11.3 Å². The van der Waals surface area contributed by atoms with E-state index in [1.165, 1.54) is 23.2 Å². The van der Waals surface area contributed by atoms with Gasteiger partial charge in [0.15, 0.2) is 20.9 Å². The van der Waals surface area contributed by atoms with Gasteiger partial charge >= 0.3 is 0 Å². The third-order valence-electron chi connectivity index (χ3n) is 5.37. The van der Waals surface area contributed by atoms with Crippen LogP contribution in [0.1, 0.15) is 52.7 Å². The maximum Gasteiger partial charge on any atom is 0.264 e. The van der Waals surface area contributed by atoms with Crippen LogP contribution in [0.25, 0.3) is 0 Å². The highest BCUT2D eigenvalue weighted by molar-refractivity contribution is 7.92. The van der Waals surface area contributed by atoms with Crippen molar-refractivity contribution in [2.75, 3.05) is 19.4 Å². The second-order valence-electron chi connectivity index (χ2n) is 7.43. The topological polar surface area (TPSA) is 102 Å². The number of nitrogens with zero attached hydrogens (tertiary/aromatic N) is 1. The predicted octanol–water partition coefficient (Wildman–Crippen LogP) is 1.45. The van der Waals surface area contributed by atoms with Gasteiger partial charge < -0.3 is 9.64 Å².